The van der Waals surface area contributed by atoms with Gasteiger partial charge >= 0.3 is 0 Å². The Morgan fingerprint density at radius 2 is 1.80 bits per heavy atom. The zero-order valence-electron chi connectivity index (χ0n) is 11.5. The Hall–Kier alpha value is -1.59. The van der Waals surface area contributed by atoms with Crippen molar-refractivity contribution in [2.45, 2.75) is 31.4 Å². The summed E-state index contributed by atoms with van der Waals surface area (Å²) in [5.74, 6) is 0.0144. The third-order valence-electron chi connectivity index (χ3n) is 4.17. The Morgan fingerprint density at radius 3 is 2.45 bits per heavy atom. The van der Waals surface area contributed by atoms with Crippen molar-refractivity contribution in [1.82, 2.24) is 0 Å². The summed E-state index contributed by atoms with van der Waals surface area (Å²) in [4.78, 5) is 16.0. The molecule has 2 unspecified atom stereocenters. The summed E-state index contributed by atoms with van der Waals surface area (Å²) in [7, 11) is 0. The third kappa shape index (κ3) is 2.51. The fourth-order valence-electron chi connectivity index (χ4n) is 2.98. The van der Waals surface area contributed by atoms with E-state index in [9.17, 15) is 9.90 Å². The second kappa shape index (κ2) is 5.42. The van der Waals surface area contributed by atoms with Crippen molar-refractivity contribution in [3.8, 4) is 0 Å². The maximum Gasteiger partial charge on any atom is 0.243 e. The number of piperidine rings is 1. The molecule has 3 N–H and O–H groups in total. The highest BCUT2D eigenvalue weighted by molar-refractivity contribution is 5.97. The minimum atomic E-state index is -0.364. The molecule has 0 bridgehead atoms. The van der Waals surface area contributed by atoms with Gasteiger partial charge in [-0.05, 0) is 43.5 Å². The number of benzene rings is 1. The molecule has 2 aliphatic heterocycles. The van der Waals surface area contributed by atoms with Gasteiger partial charge in [-0.1, -0.05) is 0 Å². The van der Waals surface area contributed by atoms with Gasteiger partial charge in [0.1, 0.15) is 0 Å². The topological polar surface area (TPSA) is 69.8 Å². The Labute approximate surface area is 119 Å². The van der Waals surface area contributed by atoms with Crippen LogP contribution in [0.4, 0.5) is 11.4 Å². The van der Waals surface area contributed by atoms with Gasteiger partial charge in [0.15, 0.2) is 0 Å². The van der Waals surface area contributed by atoms with Crippen molar-refractivity contribution in [3.05, 3.63) is 24.3 Å². The number of nitrogens with two attached hydrogens (primary N) is 1. The van der Waals surface area contributed by atoms with Crippen molar-refractivity contribution >= 4 is 17.3 Å². The van der Waals surface area contributed by atoms with Crippen LogP contribution >= 0.6 is 0 Å². The molecule has 2 heterocycles. The molecule has 2 fully saturated rings. The van der Waals surface area contributed by atoms with Gasteiger partial charge in [0.2, 0.25) is 5.91 Å². The highest BCUT2D eigenvalue weighted by atomic mass is 16.3. The van der Waals surface area contributed by atoms with Crippen molar-refractivity contribution in [1.29, 1.82) is 0 Å². The molecule has 0 aromatic heterocycles. The molecule has 5 heteroatoms. The lowest BCUT2D eigenvalue weighted by molar-refractivity contribution is -0.120. The molecule has 5 nitrogen and oxygen atoms in total. The molecule has 108 valence electrons. The third-order valence-corrected chi connectivity index (χ3v) is 4.17. The largest absolute Gasteiger partial charge is 0.391 e. The average molecular weight is 275 g/mol. The van der Waals surface area contributed by atoms with E-state index in [0.29, 0.717) is 6.54 Å². The van der Waals surface area contributed by atoms with Crippen LogP contribution < -0.4 is 15.5 Å². The molecular formula is C15H21N3O2. The summed E-state index contributed by atoms with van der Waals surface area (Å²) in [6.07, 6.45) is 2.32. The lowest BCUT2D eigenvalue weighted by Gasteiger charge is -2.30. The van der Waals surface area contributed by atoms with E-state index in [0.717, 1.165) is 43.7 Å². The molecule has 1 aromatic carbocycles. The standard InChI is InChI=1S/C15H21N3O2/c16-14-2-1-8-18(15(14)20)12-5-3-11(4-6-12)17-9-7-13(19)10-17/h3-6,13-14,19H,1-2,7-10,16H2. The molecule has 20 heavy (non-hydrogen) atoms. The van der Waals surface area contributed by atoms with E-state index in [2.05, 4.69) is 4.90 Å². The predicted molar refractivity (Wildman–Crippen MR) is 78.8 cm³/mol. The summed E-state index contributed by atoms with van der Waals surface area (Å²) in [6.45, 7) is 2.31. The van der Waals surface area contributed by atoms with Crippen LogP contribution in [0.3, 0.4) is 0 Å². The average Bonchev–Trinajstić information content (AvgIpc) is 2.89. The second-order valence-corrected chi connectivity index (χ2v) is 5.64. The lowest BCUT2D eigenvalue weighted by Crippen LogP contribution is -2.48. The van der Waals surface area contributed by atoms with Crippen LogP contribution in [0.15, 0.2) is 24.3 Å². The van der Waals surface area contributed by atoms with E-state index in [-0.39, 0.29) is 18.1 Å². The molecule has 1 amide bonds. The Balaban J connectivity index is 1.74. The van der Waals surface area contributed by atoms with E-state index in [1.54, 1.807) is 4.90 Å². The zero-order valence-corrected chi connectivity index (χ0v) is 11.5. The number of carbonyl (C=O) groups is 1. The molecule has 0 saturated carbocycles. The van der Waals surface area contributed by atoms with Crippen LogP contribution in [0, 0.1) is 0 Å². The number of hydrogen-bond acceptors (Lipinski definition) is 4. The minimum Gasteiger partial charge on any atom is -0.391 e. The predicted octanol–water partition coefficient (Wildman–Crippen LogP) is 0.712. The highest BCUT2D eigenvalue weighted by Crippen LogP contribution is 2.26. The van der Waals surface area contributed by atoms with Gasteiger partial charge in [0.25, 0.3) is 0 Å². The first-order valence-electron chi connectivity index (χ1n) is 7.25. The van der Waals surface area contributed by atoms with E-state index < -0.39 is 0 Å². The monoisotopic (exact) mass is 275 g/mol. The molecule has 2 aliphatic rings. The number of rotatable bonds is 2. The Morgan fingerprint density at radius 1 is 1.10 bits per heavy atom. The number of nitrogens with zero attached hydrogens (tertiary/aromatic N) is 2. The summed E-state index contributed by atoms with van der Waals surface area (Å²) < 4.78 is 0. The van der Waals surface area contributed by atoms with Crippen LogP contribution in [-0.2, 0) is 4.79 Å². The smallest absolute Gasteiger partial charge is 0.243 e. The summed E-state index contributed by atoms with van der Waals surface area (Å²) in [6, 6.07) is 7.60. The van der Waals surface area contributed by atoms with E-state index in [4.69, 9.17) is 5.73 Å². The van der Waals surface area contributed by atoms with Crippen molar-refractivity contribution in [2.24, 2.45) is 5.73 Å². The van der Waals surface area contributed by atoms with E-state index in [1.807, 2.05) is 24.3 Å². The molecule has 0 aliphatic carbocycles. The summed E-state index contributed by atoms with van der Waals surface area (Å²) in [5, 5.41) is 9.57. The minimum absolute atomic E-state index is 0.0144. The number of hydrogen-bond donors (Lipinski definition) is 2. The number of carbonyl (C=O) groups excluding carboxylic acids is 1. The highest BCUT2D eigenvalue weighted by Gasteiger charge is 2.27. The maximum absolute atomic E-state index is 12.1. The summed E-state index contributed by atoms with van der Waals surface area (Å²) in [5.41, 5.74) is 7.83. The Bertz CT molecular complexity index is 488. The Kier molecular flexibility index (Phi) is 3.63. The summed E-state index contributed by atoms with van der Waals surface area (Å²) >= 11 is 0. The van der Waals surface area contributed by atoms with Crippen molar-refractivity contribution in [3.63, 3.8) is 0 Å². The fraction of sp³-hybridized carbons (Fsp3) is 0.533. The first kappa shape index (κ1) is 13.4. The van der Waals surface area contributed by atoms with Gasteiger partial charge in [-0.25, -0.2) is 0 Å². The first-order valence-corrected chi connectivity index (χ1v) is 7.25. The lowest BCUT2D eigenvalue weighted by atomic mass is 10.0. The molecular weight excluding hydrogens is 254 g/mol. The van der Waals surface area contributed by atoms with Gasteiger partial charge in [0, 0.05) is 31.0 Å². The molecule has 3 rings (SSSR count). The molecule has 2 saturated heterocycles. The quantitative estimate of drug-likeness (QED) is 0.834. The zero-order chi connectivity index (χ0) is 14.1. The number of aliphatic hydroxyl groups is 1. The van der Waals surface area contributed by atoms with Crippen LogP contribution in [0.1, 0.15) is 19.3 Å². The van der Waals surface area contributed by atoms with Crippen LogP contribution in [0.25, 0.3) is 0 Å². The van der Waals surface area contributed by atoms with Crippen LogP contribution in [-0.4, -0.2) is 42.8 Å². The molecule has 1 aromatic rings. The molecule has 0 spiro atoms. The van der Waals surface area contributed by atoms with Gasteiger partial charge in [0.05, 0.1) is 12.1 Å². The number of amides is 1. The van der Waals surface area contributed by atoms with Gasteiger partial charge in [-0.15, -0.1) is 0 Å². The molecule has 2 atom stereocenters. The van der Waals surface area contributed by atoms with Gasteiger partial charge in [-0.2, -0.15) is 0 Å². The van der Waals surface area contributed by atoms with Crippen molar-refractivity contribution in [2.75, 3.05) is 29.4 Å². The number of aliphatic hydroxyl groups excluding tert-OH is 1. The van der Waals surface area contributed by atoms with Crippen LogP contribution in [0.2, 0.25) is 0 Å². The first-order chi connectivity index (χ1) is 9.65. The van der Waals surface area contributed by atoms with Crippen molar-refractivity contribution < 1.29 is 9.90 Å². The second-order valence-electron chi connectivity index (χ2n) is 5.64. The van der Waals surface area contributed by atoms with Gasteiger partial charge < -0.3 is 20.6 Å². The molecule has 0 radical (unpaired) electrons. The van der Waals surface area contributed by atoms with E-state index in [1.165, 1.54) is 0 Å². The number of anilines is 2. The van der Waals surface area contributed by atoms with Crippen LogP contribution in [0.5, 0.6) is 0 Å². The maximum atomic E-state index is 12.1. The van der Waals surface area contributed by atoms with Gasteiger partial charge in [-0.3, -0.25) is 4.79 Å². The van der Waals surface area contributed by atoms with E-state index >= 15 is 0 Å². The SMILES string of the molecule is NC1CCCN(c2ccc(N3CCC(O)C3)cc2)C1=O. The normalized spacial score (nSPS) is 27.2. The number of β-amino-alcohol motifs (C(OH)–C–C–N with tert-alkyl or cyclic N) is 1. The fourth-order valence-corrected chi connectivity index (χ4v) is 2.98.